The van der Waals surface area contributed by atoms with E-state index in [4.69, 9.17) is 10.1 Å². The van der Waals surface area contributed by atoms with E-state index < -0.39 is 0 Å². The molecule has 4 aromatic rings. The average molecular weight is 444 g/mol. The van der Waals surface area contributed by atoms with Crippen LogP contribution < -0.4 is 0 Å². The van der Waals surface area contributed by atoms with E-state index in [0.29, 0.717) is 11.6 Å². The van der Waals surface area contributed by atoms with Gasteiger partial charge in [0.05, 0.1) is 28.1 Å². The summed E-state index contributed by atoms with van der Waals surface area (Å²) in [6.45, 7) is 4.01. The second kappa shape index (κ2) is 8.15. The van der Waals surface area contributed by atoms with Gasteiger partial charge in [-0.05, 0) is 43.2 Å². The molecule has 0 radical (unpaired) electrons. The van der Waals surface area contributed by atoms with Crippen LogP contribution in [-0.4, -0.2) is 56.7 Å². The summed E-state index contributed by atoms with van der Waals surface area (Å²) < 4.78 is 3.07. The summed E-state index contributed by atoms with van der Waals surface area (Å²) in [5, 5.41) is 5.94. The standard InChI is InChI=1S/C25H25N5OS/c31-25(22-16-21(18-10-11-18)27-30(22)19-6-2-1-3-7-19)29-14-12-28(13-15-29)17-24-26-20-8-4-5-9-23(20)32-24/h1-9,16,18H,10-15,17H2. The maximum Gasteiger partial charge on any atom is 0.272 e. The van der Waals surface area contributed by atoms with E-state index in [9.17, 15) is 4.79 Å². The smallest absolute Gasteiger partial charge is 0.272 e. The minimum Gasteiger partial charge on any atom is -0.335 e. The number of aromatic nitrogens is 3. The lowest BCUT2D eigenvalue weighted by atomic mass is 10.2. The van der Waals surface area contributed by atoms with Crippen molar-refractivity contribution in [3.63, 3.8) is 0 Å². The van der Waals surface area contributed by atoms with E-state index in [2.05, 4.69) is 23.1 Å². The van der Waals surface area contributed by atoms with E-state index in [0.717, 1.165) is 54.6 Å². The molecule has 32 heavy (non-hydrogen) atoms. The van der Waals surface area contributed by atoms with Crippen LogP contribution in [0.1, 0.15) is 39.9 Å². The summed E-state index contributed by atoms with van der Waals surface area (Å²) in [5.41, 5.74) is 3.74. The quantitative estimate of drug-likeness (QED) is 0.461. The largest absolute Gasteiger partial charge is 0.335 e. The number of carbonyl (C=O) groups is 1. The molecule has 2 aromatic heterocycles. The van der Waals surface area contributed by atoms with Crippen molar-refractivity contribution in [3.8, 4) is 5.69 Å². The SMILES string of the molecule is O=C(c1cc(C2CC2)nn1-c1ccccc1)N1CCN(Cc2nc3ccccc3s2)CC1. The molecule has 0 atom stereocenters. The first-order chi connectivity index (χ1) is 15.7. The van der Waals surface area contributed by atoms with Gasteiger partial charge in [0.2, 0.25) is 0 Å². The van der Waals surface area contributed by atoms with Crippen LogP contribution in [0.5, 0.6) is 0 Å². The minimum atomic E-state index is 0.0768. The van der Waals surface area contributed by atoms with E-state index >= 15 is 0 Å². The van der Waals surface area contributed by atoms with Gasteiger partial charge in [-0.1, -0.05) is 30.3 Å². The van der Waals surface area contributed by atoms with Crippen LogP contribution in [0.4, 0.5) is 0 Å². The molecule has 6 nitrogen and oxygen atoms in total. The number of amides is 1. The van der Waals surface area contributed by atoms with Gasteiger partial charge >= 0.3 is 0 Å². The Kier molecular flexibility index (Phi) is 5.00. The number of para-hydroxylation sites is 2. The monoisotopic (exact) mass is 443 g/mol. The van der Waals surface area contributed by atoms with E-state index in [1.807, 2.05) is 52.0 Å². The van der Waals surface area contributed by atoms with Crippen molar-refractivity contribution in [1.82, 2.24) is 24.6 Å². The fourth-order valence-corrected chi connectivity index (χ4v) is 5.36. The molecule has 162 valence electrons. The molecule has 1 saturated carbocycles. The summed E-state index contributed by atoms with van der Waals surface area (Å²) >= 11 is 1.76. The van der Waals surface area contributed by atoms with Gasteiger partial charge in [-0.25, -0.2) is 9.67 Å². The number of thiazole rings is 1. The van der Waals surface area contributed by atoms with Crippen molar-refractivity contribution in [1.29, 1.82) is 0 Å². The first kappa shape index (κ1) is 19.6. The Labute approximate surface area is 191 Å². The van der Waals surface area contributed by atoms with Crippen LogP contribution >= 0.6 is 11.3 Å². The summed E-state index contributed by atoms with van der Waals surface area (Å²) in [6.07, 6.45) is 2.34. The Bertz CT molecular complexity index is 1220. The molecular formula is C25H25N5OS. The van der Waals surface area contributed by atoms with Gasteiger partial charge in [0, 0.05) is 32.1 Å². The second-order valence-electron chi connectivity index (χ2n) is 8.62. The molecule has 1 aliphatic carbocycles. The predicted octanol–water partition coefficient (Wildman–Crippen LogP) is 4.32. The maximum atomic E-state index is 13.5. The van der Waals surface area contributed by atoms with Crippen LogP contribution in [0.2, 0.25) is 0 Å². The summed E-state index contributed by atoms with van der Waals surface area (Å²) in [5.74, 6) is 0.588. The lowest BCUT2D eigenvalue weighted by molar-refractivity contribution is 0.0619. The first-order valence-electron chi connectivity index (χ1n) is 11.3. The van der Waals surface area contributed by atoms with Gasteiger partial charge in [-0.2, -0.15) is 5.10 Å². The molecule has 3 heterocycles. The first-order valence-corrected chi connectivity index (χ1v) is 12.1. The summed E-state index contributed by atoms with van der Waals surface area (Å²) in [4.78, 5) is 22.6. The van der Waals surface area contributed by atoms with Crippen molar-refractivity contribution < 1.29 is 4.79 Å². The highest BCUT2D eigenvalue weighted by molar-refractivity contribution is 7.18. The Balaban J connectivity index is 1.16. The van der Waals surface area contributed by atoms with Crippen LogP contribution in [0.25, 0.3) is 15.9 Å². The Morgan fingerprint density at radius 2 is 1.72 bits per heavy atom. The fourth-order valence-electron chi connectivity index (χ4n) is 4.35. The molecule has 2 aromatic carbocycles. The third kappa shape index (κ3) is 3.82. The number of benzene rings is 2. The molecule has 2 fully saturated rings. The van der Waals surface area contributed by atoms with E-state index in [1.165, 1.54) is 17.5 Å². The number of carbonyl (C=O) groups excluding carboxylic acids is 1. The average Bonchev–Trinajstić information content (AvgIpc) is 3.45. The molecule has 1 saturated heterocycles. The highest BCUT2D eigenvalue weighted by atomic mass is 32.1. The Morgan fingerprint density at radius 1 is 0.969 bits per heavy atom. The van der Waals surface area contributed by atoms with Crippen molar-refractivity contribution in [3.05, 3.63) is 77.1 Å². The molecule has 1 amide bonds. The molecule has 6 rings (SSSR count). The molecule has 7 heteroatoms. The molecule has 0 N–H and O–H groups in total. The fraction of sp³-hybridized carbons (Fsp3) is 0.320. The van der Waals surface area contributed by atoms with Crippen LogP contribution in [0.3, 0.4) is 0 Å². The Hall–Kier alpha value is -3.03. The van der Waals surface area contributed by atoms with Gasteiger partial charge in [0.1, 0.15) is 10.7 Å². The van der Waals surface area contributed by atoms with Gasteiger partial charge < -0.3 is 4.90 Å². The zero-order valence-corrected chi connectivity index (χ0v) is 18.7. The number of hydrogen-bond donors (Lipinski definition) is 0. The number of piperazine rings is 1. The van der Waals surface area contributed by atoms with Crippen molar-refractivity contribution in [2.24, 2.45) is 0 Å². The lowest BCUT2D eigenvalue weighted by Crippen LogP contribution is -2.48. The van der Waals surface area contributed by atoms with Crippen molar-refractivity contribution in [2.75, 3.05) is 26.2 Å². The van der Waals surface area contributed by atoms with E-state index in [-0.39, 0.29) is 5.91 Å². The molecular weight excluding hydrogens is 418 g/mol. The predicted molar refractivity (Wildman–Crippen MR) is 126 cm³/mol. The van der Waals surface area contributed by atoms with Crippen LogP contribution in [-0.2, 0) is 6.54 Å². The van der Waals surface area contributed by atoms with Crippen molar-refractivity contribution in [2.45, 2.75) is 25.3 Å². The number of fused-ring (bicyclic) bond motifs is 1. The summed E-state index contributed by atoms with van der Waals surface area (Å²) in [7, 11) is 0. The third-order valence-corrected chi connectivity index (χ3v) is 7.32. The minimum absolute atomic E-state index is 0.0768. The van der Waals surface area contributed by atoms with E-state index in [1.54, 1.807) is 11.3 Å². The van der Waals surface area contributed by atoms with Crippen LogP contribution in [0.15, 0.2) is 60.7 Å². The highest BCUT2D eigenvalue weighted by Gasteiger charge is 2.31. The Morgan fingerprint density at radius 3 is 2.47 bits per heavy atom. The normalized spacial score (nSPS) is 17.2. The molecule has 1 aliphatic heterocycles. The van der Waals surface area contributed by atoms with Gasteiger partial charge in [-0.3, -0.25) is 9.69 Å². The lowest BCUT2D eigenvalue weighted by Gasteiger charge is -2.34. The third-order valence-electron chi connectivity index (χ3n) is 6.30. The zero-order chi connectivity index (χ0) is 21.5. The van der Waals surface area contributed by atoms with Crippen molar-refractivity contribution >= 4 is 27.5 Å². The van der Waals surface area contributed by atoms with Gasteiger partial charge in [0.25, 0.3) is 5.91 Å². The number of rotatable bonds is 5. The van der Waals surface area contributed by atoms with Gasteiger partial charge in [0.15, 0.2) is 0 Å². The zero-order valence-electron chi connectivity index (χ0n) is 17.9. The molecule has 0 bridgehead atoms. The maximum absolute atomic E-state index is 13.5. The highest BCUT2D eigenvalue weighted by Crippen LogP contribution is 2.40. The van der Waals surface area contributed by atoms with Gasteiger partial charge in [-0.15, -0.1) is 11.3 Å². The number of hydrogen-bond acceptors (Lipinski definition) is 5. The topological polar surface area (TPSA) is 54.3 Å². The van der Waals surface area contributed by atoms with Crippen LogP contribution in [0, 0.1) is 0 Å². The number of nitrogens with zero attached hydrogens (tertiary/aromatic N) is 5. The molecule has 0 unspecified atom stereocenters. The summed E-state index contributed by atoms with van der Waals surface area (Å²) in [6, 6.07) is 20.3. The molecule has 0 spiro atoms. The second-order valence-corrected chi connectivity index (χ2v) is 9.73. The molecule has 2 aliphatic rings.